The summed E-state index contributed by atoms with van der Waals surface area (Å²) in [5.74, 6) is -0.480. The maximum Gasteiger partial charge on any atom is 0.161 e. The monoisotopic (exact) mass is 290 g/mol. The van der Waals surface area contributed by atoms with Crippen molar-refractivity contribution in [2.24, 2.45) is 0 Å². The molecule has 100 valence electrons. The first-order valence-corrected chi connectivity index (χ1v) is 6.32. The van der Waals surface area contributed by atoms with Crippen LogP contribution in [0, 0.1) is 18.6 Å². The summed E-state index contributed by atoms with van der Waals surface area (Å²) in [6, 6.07) is 8.74. The molecule has 3 aromatic rings. The molecule has 0 unspecified atom stereocenters. The van der Waals surface area contributed by atoms with Crippen LogP contribution >= 0.6 is 11.6 Å². The quantitative estimate of drug-likeness (QED) is 0.615. The first-order valence-electron chi connectivity index (χ1n) is 5.94. The number of aromatic nitrogens is 2. The third-order valence-electron chi connectivity index (χ3n) is 3.09. The van der Waals surface area contributed by atoms with E-state index < -0.39 is 5.82 Å². The molecule has 3 rings (SSSR count). The van der Waals surface area contributed by atoms with Crippen LogP contribution in [0.3, 0.4) is 0 Å². The molecule has 20 heavy (non-hydrogen) atoms. The maximum absolute atomic E-state index is 13.6. The van der Waals surface area contributed by atoms with Gasteiger partial charge in [-0.1, -0.05) is 23.7 Å². The fraction of sp³-hybridized carbons (Fsp3) is 0.0667. The van der Waals surface area contributed by atoms with Gasteiger partial charge in [0.25, 0.3) is 0 Å². The van der Waals surface area contributed by atoms with Crippen molar-refractivity contribution in [2.45, 2.75) is 6.92 Å². The van der Waals surface area contributed by atoms with E-state index in [4.69, 9.17) is 11.6 Å². The molecule has 0 saturated carbocycles. The number of aryl methyl sites for hydroxylation is 1. The minimum atomic E-state index is -0.390. The van der Waals surface area contributed by atoms with E-state index >= 15 is 0 Å². The van der Waals surface area contributed by atoms with E-state index in [1.165, 1.54) is 24.3 Å². The van der Waals surface area contributed by atoms with Crippen molar-refractivity contribution < 1.29 is 8.78 Å². The van der Waals surface area contributed by atoms with Gasteiger partial charge in [-0.3, -0.25) is 0 Å². The minimum Gasteiger partial charge on any atom is -0.228 e. The highest BCUT2D eigenvalue weighted by Gasteiger charge is 2.12. The van der Waals surface area contributed by atoms with Crippen molar-refractivity contribution in [3.05, 3.63) is 58.7 Å². The van der Waals surface area contributed by atoms with Crippen molar-refractivity contribution in [1.29, 1.82) is 0 Å². The third-order valence-corrected chi connectivity index (χ3v) is 3.38. The summed E-state index contributed by atoms with van der Waals surface area (Å²) in [5, 5.41) is 0.795. The second kappa shape index (κ2) is 4.80. The molecule has 0 atom stereocenters. The van der Waals surface area contributed by atoms with E-state index in [-0.39, 0.29) is 16.8 Å². The van der Waals surface area contributed by atoms with Crippen LogP contribution in [0.2, 0.25) is 5.15 Å². The number of hydrogen-bond acceptors (Lipinski definition) is 2. The SMILES string of the molecule is Cc1c(F)ccc2c(Cl)nc(-c3cccc(F)c3)nc12. The standard InChI is InChI=1S/C15H9ClF2N2/c1-8-12(18)6-5-11-13(8)19-15(20-14(11)16)9-3-2-4-10(17)7-9/h2-7H,1H3. The van der Waals surface area contributed by atoms with Crippen molar-refractivity contribution >= 4 is 22.5 Å². The molecule has 2 nitrogen and oxygen atoms in total. The Hall–Kier alpha value is -2.07. The lowest BCUT2D eigenvalue weighted by molar-refractivity contribution is 0.620. The number of nitrogens with zero attached hydrogens (tertiary/aromatic N) is 2. The molecule has 0 aliphatic rings. The van der Waals surface area contributed by atoms with E-state index in [0.29, 0.717) is 22.0 Å². The molecular formula is C15H9ClF2N2. The Bertz CT molecular complexity index is 818. The normalized spacial score (nSPS) is 11.0. The van der Waals surface area contributed by atoms with Crippen molar-refractivity contribution in [3.63, 3.8) is 0 Å². The van der Waals surface area contributed by atoms with Gasteiger partial charge in [-0.2, -0.15) is 0 Å². The molecule has 0 N–H and O–H groups in total. The molecule has 0 spiro atoms. The molecule has 0 fully saturated rings. The highest BCUT2D eigenvalue weighted by molar-refractivity contribution is 6.34. The Morgan fingerprint density at radius 2 is 1.85 bits per heavy atom. The lowest BCUT2D eigenvalue weighted by Crippen LogP contribution is -1.95. The molecule has 0 radical (unpaired) electrons. The largest absolute Gasteiger partial charge is 0.228 e. The molecule has 1 heterocycles. The highest BCUT2D eigenvalue weighted by atomic mass is 35.5. The van der Waals surface area contributed by atoms with Gasteiger partial charge in [0.15, 0.2) is 5.82 Å². The van der Waals surface area contributed by atoms with E-state index in [9.17, 15) is 8.78 Å². The van der Waals surface area contributed by atoms with Crippen LogP contribution < -0.4 is 0 Å². The first kappa shape index (κ1) is 12.9. The molecule has 1 aromatic heterocycles. The number of hydrogen-bond donors (Lipinski definition) is 0. The van der Waals surface area contributed by atoms with E-state index in [2.05, 4.69) is 9.97 Å². The summed E-state index contributed by atoms with van der Waals surface area (Å²) in [6.45, 7) is 1.62. The summed E-state index contributed by atoms with van der Waals surface area (Å²) in [5.41, 5.74) is 1.33. The Morgan fingerprint density at radius 3 is 2.60 bits per heavy atom. The molecule has 0 aliphatic carbocycles. The van der Waals surface area contributed by atoms with Gasteiger partial charge in [0.1, 0.15) is 16.8 Å². The van der Waals surface area contributed by atoms with Gasteiger partial charge >= 0.3 is 0 Å². The molecule has 0 saturated heterocycles. The van der Waals surface area contributed by atoms with Crippen LogP contribution in [-0.4, -0.2) is 9.97 Å². The zero-order chi connectivity index (χ0) is 14.3. The van der Waals surface area contributed by atoms with E-state index in [1.54, 1.807) is 19.1 Å². The van der Waals surface area contributed by atoms with Crippen LogP contribution in [0.25, 0.3) is 22.3 Å². The van der Waals surface area contributed by atoms with Crippen LogP contribution in [0.1, 0.15) is 5.56 Å². The topological polar surface area (TPSA) is 25.8 Å². The second-order valence-electron chi connectivity index (χ2n) is 4.42. The average Bonchev–Trinajstić information content (AvgIpc) is 2.43. The van der Waals surface area contributed by atoms with Crippen molar-refractivity contribution in [1.82, 2.24) is 9.97 Å². The predicted octanol–water partition coefficient (Wildman–Crippen LogP) is 4.54. The Morgan fingerprint density at radius 1 is 1.05 bits per heavy atom. The molecule has 0 bridgehead atoms. The number of fused-ring (bicyclic) bond motifs is 1. The molecule has 2 aromatic carbocycles. The van der Waals surface area contributed by atoms with Crippen molar-refractivity contribution in [3.8, 4) is 11.4 Å². The van der Waals surface area contributed by atoms with Crippen molar-refractivity contribution in [2.75, 3.05) is 0 Å². The fourth-order valence-electron chi connectivity index (χ4n) is 2.03. The lowest BCUT2D eigenvalue weighted by atomic mass is 10.1. The van der Waals surface area contributed by atoms with Gasteiger partial charge in [-0.05, 0) is 31.2 Å². The van der Waals surface area contributed by atoms with Crippen LogP contribution in [0.4, 0.5) is 8.78 Å². The predicted molar refractivity (Wildman–Crippen MR) is 74.6 cm³/mol. The Kier molecular flexibility index (Phi) is 3.10. The maximum atomic E-state index is 13.6. The summed E-state index contributed by atoms with van der Waals surface area (Å²) in [7, 11) is 0. The Labute approximate surface area is 119 Å². The van der Waals surface area contributed by atoms with Gasteiger partial charge < -0.3 is 0 Å². The van der Waals surface area contributed by atoms with Crippen LogP contribution in [0.15, 0.2) is 36.4 Å². The van der Waals surface area contributed by atoms with Gasteiger partial charge in [0, 0.05) is 16.5 Å². The van der Waals surface area contributed by atoms with Crippen LogP contribution in [-0.2, 0) is 0 Å². The van der Waals surface area contributed by atoms with E-state index in [0.717, 1.165) is 0 Å². The average molecular weight is 291 g/mol. The second-order valence-corrected chi connectivity index (χ2v) is 4.77. The van der Waals surface area contributed by atoms with E-state index in [1.807, 2.05) is 0 Å². The van der Waals surface area contributed by atoms with Gasteiger partial charge in [-0.25, -0.2) is 18.7 Å². The van der Waals surface area contributed by atoms with Gasteiger partial charge in [0.2, 0.25) is 0 Å². The first-order chi connectivity index (χ1) is 9.56. The van der Waals surface area contributed by atoms with Crippen LogP contribution in [0.5, 0.6) is 0 Å². The molecule has 5 heteroatoms. The zero-order valence-corrected chi connectivity index (χ0v) is 11.2. The molecule has 0 aliphatic heterocycles. The van der Waals surface area contributed by atoms with Gasteiger partial charge in [-0.15, -0.1) is 0 Å². The summed E-state index contributed by atoms with van der Waals surface area (Å²) in [6.07, 6.45) is 0. The minimum absolute atomic E-state index is 0.220. The molecule has 0 amide bonds. The lowest BCUT2D eigenvalue weighted by Gasteiger charge is -2.07. The Balaban J connectivity index is 2.31. The summed E-state index contributed by atoms with van der Waals surface area (Å²) >= 11 is 6.11. The third kappa shape index (κ3) is 2.12. The number of benzene rings is 2. The summed E-state index contributed by atoms with van der Waals surface area (Å²) < 4.78 is 26.9. The smallest absolute Gasteiger partial charge is 0.161 e. The number of halogens is 3. The summed E-state index contributed by atoms with van der Waals surface area (Å²) in [4.78, 5) is 8.45. The fourth-order valence-corrected chi connectivity index (χ4v) is 2.26. The van der Waals surface area contributed by atoms with Gasteiger partial charge in [0.05, 0.1) is 5.52 Å². The molecular weight excluding hydrogens is 282 g/mol. The zero-order valence-electron chi connectivity index (χ0n) is 10.5. The number of rotatable bonds is 1. The highest BCUT2D eigenvalue weighted by Crippen LogP contribution is 2.28.